The lowest BCUT2D eigenvalue weighted by Gasteiger charge is -2.11. The smallest absolute Gasteiger partial charge is 0.231 e. The predicted molar refractivity (Wildman–Crippen MR) is 47.4 cm³/mol. The molecule has 0 spiro atoms. The van der Waals surface area contributed by atoms with Gasteiger partial charge in [-0.05, 0) is 24.3 Å². The molecule has 1 aromatic rings. The quantitative estimate of drug-likeness (QED) is 0.434. The fourth-order valence-electron chi connectivity index (χ4n) is 0.910. The van der Waals surface area contributed by atoms with E-state index in [0.717, 1.165) is 5.01 Å². The number of anilines is 1. The van der Waals surface area contributed by atoms with E-state index in [0.29, 0.717) is 11.3 Å². The van der Waals surface area contributed by atoms with Crippen molar-refractivity contribution in [2.45, 2.75) is 0 Å². The van der Waals surface area contributed by atoms with Gasteiger partial charge in [-0.2, -0.15) is 5.26 Å². The molecule has 1 aromatic carbocycles. The van der Waals surface area contributed by atoms with Crippen molar-refractivity contribution >= 4 is 5.69 Å². The molecule has 1 rings (SSSR count). The molecule has 0 saturated carbocycles. The van der Waals surface area contributed by atoms with Crippen molar-refractivity contribution in [2.24, 2.45) is 5.28 Å². The van der Waals surface area contributed by atoms with E-state index in [1.165, 1.54) is 7.05 Å². The molecule has 6 nitrogen and oxygen atoms in total. The van der Waals surface area contributed by atoms with Gasteiger partial charge in [0.15, 0.2) is 0 Å². The van der Waals surface area contributed by atoms with E-state index in [2.05, 4.69) is 5.28 Å². The van der Waals surface area contributed by atoms with Crippen LogP contribution in [0, 0.1) is 16.5 Å². The van der Waals surface area contributed by atoms with Crippen LogP contribution < -0.4 is 5.01 Å². The van der Waals surface area contributed by atoms with Crippen molar-refractivity contribution in [1.82, 2.24) is 0 Å². The molecule has 0 bridgehead atoms. The highest BCUT2D eigenvalue weighted by Gasteiger charge is 2.08. The third kappa shape index (κ3) is 1.90. The topological polar surface area (TPSA) is 85.7 Å². The number of benzene rings is 1. The molecule has 14 heavy (non-hydrogen) atoms. The third-order valence-corrected chi connectivity index (χ3v) is 1.70. The van der Waals surface area contributed by atoms with E-state index >= 15 is 0 Å². The van der Waals surface area contributed by atoms with Crippen LogP contribution in [0.3, 0.4) is 0 Å². The molecule has 0 fully saturated rings. The van der Waals surface area contributed by atoms with Crippen molar-refractivity contribution < 1.29 is 10.2 Å². The van der Waals surface area contributed by atoms with Crippen molar-refractivity contribution in [3.05, 3.63) is 35.0 Å². The lowest BCUT2D eigenvalue weighted by Crippen LogP contribution is -2.25. The van der Waals surface area contributed by atoms with Crippen LogP contribution in [-0.4, -0.2) is 17.2 Å². The Labute approximate surface area is 80.4 Å². The van der Waals surface area contributed by atoms with E-state index in [1.54, 1.807) is 24.3 Å². The summed E-state index contributed by atoms with van der Waals surface area (Å²) in [4.78, 5) is 0.0291. The second kappa shape index (κ2) is 4.09. The van der Waals surface area contributed by atoms with Gasteiger partial charge in [-0.3, -0.25) is 0 Å². The van der Waals surface area contributed by atoms with Gasteiger partial charge < -0.3 is 10.4 Å². The van der Waals surface area contributed by atoms with E-state index < -0.39 is 0 Å². The van der Waals surface area contributed by atoms with Crippen LogP contribution in [0.5, 0.6) is 0 Å². The Morgan fingerprint density at radius 2 is 2.07 bits per heavy atom. The SMILES string of the molecule is CN(c1ccc(C#N)cc1)/[N+]([O-])=N/O. The average Bonchev–Trinajstić information content (AvgIpc) is 2.27. The van der Waals surface area contributed by atoms with Crippen molar-refractivity contribution in [3.63, 3.8) is 0 Å². The first-order valence-corrected chi connectivity index (χ1v) is 3.75. The summed E-state index contributed by atoms with van der Waals surface area (Å²) in [5.74, 6) is 0. The first-order valence-electron chi connectivity index (χ1n) is 3.75. The first-order chi connectivity index (χ1) is 6.69. The second-order valence-corrected chi connectivity index (χ2v) is 2.52. The zero-order valence-corrected chi connectivity index (χ0v) is 7.45. The molecule has 0 aliphatic rings. The summed E-state index contributed by atoms with van der Waals surface area (Å²) in [5.41, 5.74) is 1.03. The maximum Gasteiger partial charge on any atom is 0.231 e. The van der Waals surface area contributed by atoms with Gasteiger partial charge in [0, 0.05) is 0 Å². The maximum absolute atomic E-state index is 10.8. The van der Waals surface area contributed by atoms with Gasteiger partial charge in [-0.1, -0.05) is 0 Å². The summed E-state index contributed by atoms with van der Waals surface area (Å²) in [6.07, 6.45) is 0. The van der Waals surface area contributed by atoms with Gasteiger partial charge in [0.1, 0.15) is 5.69 Å². The van der Waals surface area contributed by atoms with Gasteiger partial charge in [-0.25, -0.2) is 0 Å². The molecule has 0 aromatic heterocycles. The molecular formula is C8H8N4O2. The minimum Gasteiger partial charge on any atom is -0.569 e. The average molecular weight is 192 g/mol. The van der Waals surface area contributed by atoms with E-state index in [4.69, 9.17) is 10.5 Å². The van der Waals surface area contributed by atoms with E-state index in [1.807, 2.05) is 6.07 Å². The summed E-state index contributed by atoms with van der Waals surface area (Å²) in [5, 5.41) is 31.1. The van der Waals surface area contributed by atoms with Gasteiger partial charge in [0.05, 0.1) is 23.7 Å². The Hall–Kier alpha value is -2.29. The van der Waals surface area contributed by atoms with Crippen molar-refractivity contribution in [1.29, 1.82) is 5.26 Å². The van der Waals surface area contributed by atoms with Gasteiger partial charge in [-0.15, -0.1) is 5.01 Å². The zero-order chi connectivity index (χ0) is 10.6. The molecule has 72 valence electrons. The number of hydrazine groups is 1. The van der Waals surface area contributed by atoms with Gasteiger partial charge >= 0.3 is 0 Å². The Balaban J connectivity index is 2.93. The second-order valence-electron chi connectivity index (χ2n) is 2.52. The minimum absolute atomic E-state index is 0.0291. The molecule has 6 heteroatoms. The summed E-state index contributed by atoms with van der Waals surface area (Å²) in [6.45, 7) is 0. The van der Waals surface area contributed by atoms with Crippen LogP contribution in [-0.2, 0) is 0 Å². The molecule has 1 N–H and O–H groups in total. The highest BCUT2D eigenvalue weighted by atomic mass is 16.6. The Morgan fingerprint density at radius 3 is 2.50 bits per heavy atom. The number of rotatable bonds is 2. The number of nitriles is 1. The molecule has 0 aliphatic heterocycles. The van der Waals surface area contributed by atoms with Gasteiger partial charge in [0.2, 0.25) is 5.28 Å². The largest absolute Gasteiger partial charge is 0.569 e. The highest BCUT2D eigenvalue weighted by Crippen LogP contribution is 2.13. The molecule has 0 aliphatic carbocycles. The molecule has 0 radical (unpaired) electrons. The molecular weight excluding hydrogens is 184 g/mol. The van der Waals surface area contributed by atoms with Gasteiger partial charge in [0.25, 0.3) is 0 Å². The van der Waals surface area contributed by atoms with Crippen LogP contribution in [0.4, 0.5) is 5.69 Å². The zero-order valence-electron chi connectivity index (χ0n) is 7.45. The normalized spacial score (nSPS) is 10.7. The van der Waals surface area contributed by atoms with Crippen LogP contribution >= 0.6 is 0 Å². The lowest BCUT2D eigenvalue weighted by atomic mass is 10.2. The standard InChI is InChI=1S/C8H8N4O2/c1-11(12(14)10-13)8-4-2-7(6-9)3-5-8/h2-5,13H,1H3/b12-10-. The summed E-state index contributed by atoms with van der Waals surface area (Å²) < 4.78 is 0. The Morgan fingerprint density at radius 1 is 1.50 bits per heavy atom. The summed E-state index contributed by atoms with van der Waals surface area (Å²) in [6, 6.07) is 8.24. The van der Waals surface area contributed by atoms with Crippen molar-refractivity contribution in [2.75, 3.05) is 12.1 Å². The molecule has 0 heterocycles. The Bertz CT molecular complexity index is 379. The number of hydrogen-bond acceptors (Lipinski definition) is 3. The van der Waals surface area contributed by atoms with Crippen LogP contribution in [0.25, 0.3) is 0 Å². The Kier molecular flexibility index (Phi) is 2.86. The van der Waals surface area contributed by atoms with Crippen LogP contribution in [0.15, 0.2) is 29.5 Å². The lowest BCUT2D eigenvalue weighted by molar-refractivity contribution is -0.564. The van der Waals surface area contributed by atoms with E-state index in [9.17, 15) is 5.21 Å². The van der Waals surface area contributed by atoms with Crippen molar-refractivity contribution in [3.8, 4) is 6.07 Å². The summed E-state index contributed by atoms with van der Waals surface area (Å²) >= 11 is 0. The minimum atomic E-state index is 0.0291. The van der Waals surface area contributed by atoms with Crippen LogP contribution in [0.1, 0.15) is 5.56 Å². The van der Waals surface area contributed by atoms with E-state index in [-0.39, 0.29) is 4.97 Å². The predicted octanol–water partition coefficient (Wildman–Crippen LogP) is 1.26. The number of nitrogens with zero attached hydrogens (tertiary/aromatic N) is 4. The fraction of sp³-hybridized carbons (Fsp3) is 0.125. The summed E-state index contributed by atoms with van der Waals surface area (Å²) in [7, 11) is 1.44. The first kappa shape index (κ1) is 9.80. The third-order valence-electron chi connectivity index (χ3n) is 1.70. The maximum atomic E-state index is 10.8. The highest BCUT2D eigenvalue weighted by molar-refractivity contribution is 5.46. The number of hydrogen-bond donors (Lipinski definition) is 1. The molecule has 0 amide bonds. The molecule has 0 saturated heterocycles. The molecule has 0 atom stereocenters. The monoisotopic (exact) mass is 192 g/mol. The fourth-order valence-corrected chi connectivity index (χ4v) is 0.910. The molecule has 0 unspecified atom stereocenters. The van der Waals surface area contributed by atoms with Crippen LogP contribution in [0.2, 0.25) is 0 Å².